The van der Waals surface area contributed by atoms with Crippen LogP contribution in [0.25, 0.3) is 0 Å². The van der Waals surface area contributed by atoms with Crippen LogP contribution in [0.3, 0.4) is 0 Å². The zero-order valence-corrected chi connectivity index (χ0v) is 13.1. The Morgan fingerprint density at radius 2 is 1.71 bits per heavy atom. The molecule has 110 valence electrons. The van der Waals surface area contributed by atoms with E-state index in [1.165, 1.54) is 22.7 Å². The number of piperazine rings is 1. The van der Waals surface area contributed by atoms with E-state index in [-0.39, 0.29) is 17.9 Å². The van der Waals surface area contributed by atoms with Crippen LogP contribution in [0, 0.1) is 0 Å². The molecular formula is C13H14N4O2S2. The minimum atomic E-state index is -0.0659. The van der Waals surface area contributed by atoms with E-state index in [0.29, 0.717) is 31.0 Å². The van der Waals surface area contributed by atoms with Crippen molar-refractivity contribution in [3.8, 4) is 0 Å². The Labute approximate surface area is 130 Å². The Kier molecular flexibility index (Phi) is 3.98. The molecule has 0 N–H and O–H groups in total. The van der Waals surface area contributed by atoms with Gasteiger partial charge in [0.1, 0.15) is 11.4 Å². The molecule has 1 aliphatic rings. The highest BCUT2D eigenvalue weighted by molar-refractivity contribution is 7.08. The predicted octanol–water partition coefficient (Wildman–Crippen LogP) is 1.59. The van der Waals surface area contributed by atoms with Crippen LogP contribution in [0.5, 0.6) is 0 Å². The molecule has 21 heavy (non-hydrogen) atoms. The average Bonchev–Trinajstić information content (AvgIpc) is 3.18. The van der Waals surface area contributed by atoms with Crippen LogP contribution >= 0.6 is 22.7 Å². The van der Waals surface area contributed by atoms with Gasteiger partial charge in [-0.1, -0.05) is 0 Å². The maximum Gasteiger partial charge on any atom is 0.273 e. The molecule has 3 heterocycles. The number of hydrogen-bond donors (Lipinski definition) is 0. The Hall–Kier alpha value is -1.80. The van der Waals surface area contributed by atoms with Gasteiger partial charge in [-0.25, -0.2) is 9.97 Å². The molecule has 2 aromatic heterocycles. The third-order valence-electron chi connectivity index (χ3n) is 3.48. The standard InChI is InChI=1S/C13H14N4O2S2/c1-9-4-16(12(18)10-5-20-7-14-10)2-3-17(9)13(19)11-6-21-8-15-11/h5-9H,2-4H2,1H3/t9-/m0/s1. The second-order valence-electron chi connectivity index (χ2n) is 4.85. The van der Waals surface area contributed by atoms with Gasteiger partial charge in [0, 0.05) is 36.4 Å². The Morgan fingerprint density at radius 3 is 2.24 bits per heavy atom. The number of thiazole rings is 2. The fourth-order valence-corrected chi connectivity index (χ4v) is 3.44. The van der Waals surface area contributed by atoms with E-state index in [2.05, 4.69) is 9.97 Å². The normalized spacial score (nSPS) is 18.8. The van der Waals surface area contributed by atoms with E-state index < -0.39 is 0 Å². The maximum absolute atomic E-state index is 12.3. The summed E-state index contributed by atoms with van der Waals surface area (Å²) in [6, 6.07) is -0.0319. The lowest BCUT2D eigenvalue weighted by Gasteiger charge is -2.39. The zero-order valence-electron chi connectivity index (χ0n) is 11.4. The fraction of sp³-hybridized carbons (Fsp3) is 0.385. The first-order valence-corrected chi connectivity index (χ1v) is 8.42. The number of carbonyl (C=O) groups excluding carboxylic acids is 2. The predicted molar refractivity (Wildman–Crippen MR) is 80.6 cm³/mol. The summed E-state index contributed by atoms with van der Waals surface area (Å²) in [5, 5.41) is 3.50. The highest BCUT2D eigenvalue weighted by Gasteiger charge is 2.31. The molecule has 0 radical (unpaired) electrons. The molecule has 0 saturated carbocycles. The van der Waals surface area contributed by atoms with E-state index in [4.69, 9.17) is 0 Å². The summed E-state index contributed by atoms with van der Waals surface area (Å²) in [5.41, 5.74) is 4.26. The van der Waals surface area contributed by atoms with Gasteiger partial charge in [0.25, 0.3) is 11.8 Å². The van der Waals surface area contributed by atoms with Gasteiger partial charge in [0.15, 0.2) is 0 Å². The molecule has 0 aliphatic carbocycles. The molecule has 0 bridgehead atoms. The first-order chi connectivity index (χ1) is 10.2. The second-order valence-corrected chi connectivity index (χ2v) is 6.28. The average molecular weight is 322 g/mol. The summed E-state index contributed by atoms with van der Waals surface area (Å²) in [6.45, 7) is 3.51. The zero-order chi connectivity index (χ0) is 14.8. The molecule has 2 aromatic rings. The Bertz CT molecular complexity index is 627. The summed E-state index contributed by atoms with van der Waals surface area (Å²) in [5.74, 6) is -0.131. The quantitative estimate of drug-likeness (QED) is 0.842. The second kappa shape index (κ2) is 5.90. The highest BCUT2D eigenvalue weighted by Crippen LogP contribution is 2.16. The number of rotatable bonds is 2. The summed E-state index contributed by atoms with van der Waals surface area (Å²) < 4.78 is 0. The molecular weight excluding hydrogens is 308 g/mol. The molecule has 1 fully saturated rings. The van der Waals surface area contributed by atoms with E-state index in [1.807, 2.05) is 6.92 Å². The van der Waals surface area contributed by atoms with Crippen LogP contribution in [-0.4, -0.2) is 57.3 Å². The molecule has 2 amide bonds. The topological polar surface area (TPSA) is 66.4 Å². The van der Waals surface area contributed by atoms with Crippen LogP contribution in [0.15, 0.2) is 21.8 Å². The van der Waals surface area contributed by atoms with Crippen LogP contribution < -0.4 is 0 Å². The van der Waals surface area contributed by atoms with Gasteiger partial charge in [-0.15, -0.1) is 22.7 Å². The van der Waals surface area contributed by atoms with Gasteiger partial charge >= 0.3 is 0 Å². The number of nitrogens with zero attached hydrogens (tertiary/aromatic N) is 4. The number of hydrogen-bond acceptors (Lipinski definition) is 6. The molecule has 8 heteroatoms. The fourth-order valence-electron chi connectivity index (χ4n) is 2.39. The molecule has 3 rings (SSSR count). The van der Waals surface area contributed by atoms with Crippen molar-refractivity contribution >= 4 is 34.5 Å². The van der Waals surface area contributed by atoms with Crippen LogP contribution in [0.2, 0.25) is 0 Å². The third kappa shape index (κ3) is 2.81. The van der Waals surface area contributed by atoms with Gasteiger partial charge in [-0.05, 0) is 6.92 Å². The summed E-state index contributed by atoms with van der Waals surface area (Å²) in [4.78, 5) is 36.2. The molecule has 0 aromatic carbocycles. The molecule has 0 unspecified atom stereocenters. The molecule has 0 spiro atoms. The van der Waals surface area contributed by atoms with Crippen molar-refractivity contribution in [3.63, 3.8) is 0 Å². The van der Waals surface area contributed by atoms with Gasteiger partial charge in [0.05, 0.1) is 11.0 Å². The lowest BCUT2D eigenvalue weighted by molar-refractivity contribution is 0.0409. The maximum atomic E-state index is 12.3. The van der Waals surface area contributed by atoms with Crippen molar-refractivity contribution < 1.29 is 9.59 Å². The Morgan fingerprint density at radius 1 is 1.10 bits per heavy atom. The van der Waals surface area contributed by atoms with Crippen LogP contribution in [0.1, 0.15) is 27.9 Å². The number of aromatic nitrogens is 2. The number of amides is 2. The lowest BCUT2D eigenvalue weighted by atomic mass is 10.1. The van der Waals surface area contributed by atoms with Gasteiger partial charge < -0.3 is 9.80 Å². The SMILES string of the molecule is C[C@H]1CN(C(=O)c2cscn2)CCN1C(=O)c1cscn1. The van der Waals surface area contributed by atoms with Crippen molar-refractivity contribution in [1.29, 1.82) is 0 Å². The smallest absolute Gasteiger partial charge is 0.273 e. The van der Waals surface area contributed by atoms with Gasteiger partial charge in [-0.3, -0.25) is 9.59 Å². The van der Waals surface area contributed by atoms with Crippen LogP contribution in [-0.2, 0) is 0 Å². The number of carbonyl (C=O) groups is 2. The van der Waals surface area contributed by atoms with Crippen molar-refractivity contribution in [2.45, 2.75) is 13.0 Å². The van der Waals surface area contributed by atoms with Crippen molar-refractivity contribution in [3.05, 3.63) is 33.2 Å². The molecule has 6 nitrogen and oxygen atoms in total. The third-order valence-corrected chi connectivity index (χ3v) is 4.65. The molecule has 1 atom stereocenters. The van der Waals surface area contributed by atoms with Crippen LogP contribution in [0.4, 0.5) is 0 Å². The Balaban J connectivity index is 1.67. The van der Waals surface area contributed by atoms with E-state index in [9.17, 15) is 9.59 Å². The summed E-state index contributed by atoms with van der Waals surface area (Å²) in [6.07, 6.45) is 0. The van der Waals surface area contributed by atoms with E-state index in [1.54, 1.807) is 31.6 Å². The molecule has 1 saturated heterocycles. The van der Waals surface area contributed by atoms with Gasteiger partial charge in [-0.2, -0.15) is 0 Å². The van der Waals surface area contributed by atoms with E-state index >= 15 is 0 Å². The first kappa shape index (κ1) is 14.2. The highest BCUT2D eigenvalue weighted by atomic mass is 32.1. The lowest BCUT2D eigenvalue weighted by Crippen LogP contribution is -2.55. The van der Waals surface area contributed by atoms with E-state index in [0.717, 1.165) is 0 Å². The first-order valence-electron chi connectivity index (χ1n) is 6.53. The minimum absolute atomic E-state index is 0.0319. The summed E-state index contributed by atoms with van der Waals surface area (Å²) in [7, 11) is 0. The largest absolute Gasteiger partial charge is 0.333 e. The minimum Gasteiger partial charge on any atom is -0.333 e. The van der Waals surface area contributed by atoms with Crippen molar-refractivity contribution in [2.24, 2.45) is 0 Å². The van der Waals surface area contributed by atoms with Crippen molar-refractivity contribution in [2.75, 3.05) is 19.6 Å². The van der Waals surface area contributed by atoms with Gasteiger partial charge in [0.2, 0.25) is 0 Å². The summed E-state index contributed by atoms with van der Waals surface area (Å²) >= 11 is 2.81. The monoisotopic (exact) mass is 322 g/mol. The van der Waals surface area contributed by atoms with Crippen molar-refractivity contribution in [1.82, 2.24) is 19.8 Å². The molecule has 1 aliphatic heterocycles.